The second-order valence-corrected chi connectivity index (χ2v) is 6.74. The quantitative estimate of drug-likeness (QED) is 0.736. The minimum atomic E-state index is -0.545. The average Bonchev–Trinajstić information content (AvgIpc) is 2.69. The summed E-state index contributed by atoms with van der Waals surface area (Å²) in [5.74, 6) is -0.545. The number of carbonyl (C=O) groups excluding carboxylic acids is 1. The predicted octanol–water partition coefficient (Wildman–Crippen LogP) is 0.832. The summed E-state index contributed by atoms with van der Waals surface area (Å²) >= 11 is 0. The average molecular weight is 386 g/mol. The Balaban J connectivity index is 1.97. The Hall–Kier alpha value is -2.71. The summed E-state index contributed by atoms with van der Waals surface area (Å²) in [4.78, 5) is 29.4. The van der Waals surface area contributed by atoms with Crippen LogP contribution in [0, 0.1) is 6.92 Å². The van der Waals surface area contributed by atoms with Crippen LogP contribution in [0.4, 0.5) is 5.69 Å². The molecule has 1 fully saturated rings. The number of anilines is 1. The molecule has 0 saturated carbocycles. The molecule has 28 heavy (non-hydrogen) atoms. The van der Waals surface area contributed by atoms with Gasteiger partial charge >= 0.3 is 5.97 Å². The molecule has 1 aromatic heterocycles. The minimum absolute atomic E-state index is 0.113. The monoisotopic (exact) mass is 386 g/mol. The van der Waals surface area contributed by atoms with Crippen LogP contribution >= 0.6 is 0 Å². The fourth-order valence-electron chi connectivity index (χ4n) is 3.26. The maximum absolute atomic E-state index is 12.7. The minimum Gasteiger partial charge on any atom is -0.461 e. The van der Waals surface area contributed by atoms with Crippen LogP contribution in [0.15, 0.2) is 35.1 Å². The van der Waals surface area contributed by atoms with E-state index in [1.54, 1.807) is 19.1 Å². The van der Waals surface area contributed by atoms with E-state index in [0.29, 0.717) is 31.0 Å². The summed E-state index contributed by atoms with van der Waals surface area (Å²) in [5.41, 5.74) is 2.00. The highest BCUT2D eigenvalue weighted by molar-refractivity contribution is 5.93. The number of piperazine rings is 1. The summed E-state index contributed by atoms with van der Waals surface area (Å²) in [6.07, 6.45) is 0. The number of hydrogen-bond donors (Lipinski definition) is 1. The van der Waals surface area contributed by atoms with Crippen molar-refractivity contribution >= 4 is 11.7 Å². The van der Waals surface area contributed by atoms with E-state index in [9.17, 15) is 9.59 Å². The number of hydrogen-bond acceptors (Lipinski definition) is 7. The lowest BCUT2D eigenvalue weighted by Gasteiger charge is -2.36. The van der Waals surface area contributed by atoms with Crippen molar-refractivity contribution < 1.29 is 14.6 Å². The molecule has 1 N–H and O–H groups in total. The van der Waals surface area contributed by atoms with Crippen LogP contribution in [0.2, 0.25) is 0 Å². The molecule has 2 heterocycles. The molecule has 1 saturated heterocycles. The van der Waals surface area contributed by atoms with Crippen LogP contribution in [0.5, 0.6) is 0 Å². The number of benzene rings is 1. The Morgan fingerprint density at radius 3 is 2.46 bits per heavy atom. The number of aromatic nitrogens is 2. The lowest BCUT2D eigenvalue weighted by molar-refractivity contribution is 0.0517. The molecule has 1 aromatic carbocycles. The van der Waals surface area contributed by atoms with Crippen molar-refractivity contribution in [3.8, 4) is 5.69 Å². The molecule has 0 unspecified atom stereocenters. The Morgan fingerprint density at radius 1 is 1.18 bits per heavy atom. The van der Waals surface area contributed by atoms with E-state index in [1.807, 2.05) is 24.0 Å². The van der Waals surface area contributed by atoms with Crippen LogP contribution < -0.4 is 10.5 Å². The molecule has 1 aliphatic heterocycles. The molecular formula is C20H26N4O4. The highest BCUT2D eigenvalue weighted by atomic mass is 16.5. The maximum Gasteiger partial charge on any atom is 0.360 e. The topological polar surface area (TPSA) is 87.9 Å². The molecule has 0 radical (unpaired) electrons. The molecule has 2 aromatic rings. The van der Waals surface area contributed by atoms with Gasteiger partial charge in [0, 0.05) is 38.8 Å². The molecule has 150 valence electrons. The molecule has 3 rings (SSSR count). The zero-order valence-corrected chi connectivity index (χ0v) is 16.3. The third-order valence-corrected chi connectivity index (χ3v) is 4.79. The van der Waals surface area contributed by atoms with Crippen molar-refractivity contribution in [2.24, 2.45) is 0 Å². The van der Waals surface area contributed by atoms with Gasteiger partial charge in [0.2, 0.25) is 0 Å². The Kier molecular flexibility index (Phi) is 6.43. The van der Waals surface area contributed by atoms with Crippen molar-refractivity contribution in [1.82, 2.24) is 14.7 Å². The molecular weight excluding hydrogens is 360 g/mol. The van der Waals surface area contributed by atoms with E-state index in [4.69, 9.17) is 9.84 Å². The van der Waals surface area contributed by atoms with Gasteiger partial charge in [-0.1, -0.05) is 17.7 Å². The molecule has 0 bridgehead atoms. The van der Waals surface area contributed by atoms with E-state index >= 15 is 0 Å². The highest BCUT2D eigenvalue weighted by Gasteiger charge is 2.25. The Labute approximate surface area is 164 Å². The van der Waals surface area contributed by atoms with Crippen LogP contribution in [-0.4, -0.2) is 71.7 Å². The normalized spacial score (nSPS) is 14.9. The van der Waals surface area contributed by atoms with Gasteiger partial charge in [-0.25, -0.2) is 4.79 Å². The second kappa shape index (κ2) is 8.99. The largest absolute Gasteiger partial charge is 0.461 e. The van der Waals surface area contributed by atoms with E-state index in [2.05, 4.69) is 10.00 Å². The summed E-state index contributed by atoms with van der Waals surface area (Å²) in [7, 11) is 0. The summed E-state index contributed by atoms with van der Waals surface area (Å²) in [5, 5.41) is 13.5. The molecule has 1 aliphatic rings. The van der Waals surface area contributed by atoms with Gasteiger partial charge in [0.1, 0.15) is 0 Å². The van der Waals surface area contributed by atoms with E-state index < -0.39 is 5.97 Å². The first-order valence-corrected chi connectivity index (χ1v) is 9.50. The lowest BCUT2D eigenvalue weighted by atomic mass is 10.2. The number of carbonyl (C=O) groups is 1. The second-order valence-electron chi connectivity index (χ2n) is 6.74. The molecule has 8 nitrogen and oxygen atoms in total. The summed E-state index contributed by atoms with van der Waals surface area (Å²) in [6, 6.07) is 8.84. The fraction of sp³-hybridized carbons (Fsp3) is 0.450. The van der Waals surface area contributed by atoms with Crippen molar-refractivity contribution in [1.29, 1.82) is 0 Å². The number of aliphatic hydroxyl groups excluding tert-OH is 1. The van der Waals surface area contributed by atoms with Crippen LogP contribution in [0.25, 0.3) is 5.69 Å². The first kappa shape index (κ1) is 20.0. The van der Waals surface area contributed by atoms with E-state index in [-0.39, 0.29) is 24.5 Å². The third kappa shape index (κ3) is 4.40. The SMILES string of the molecule is CCOC(=O)c1nn(-c2ccc(C)cc2)c(=O)cc1N1CCN(CCO)CC1. The molecule has 8 heteroatoms. The fourth-order valence-corrected chi connectivity index (χ4v) is 3.26. The predicted molar refractivity (Wildman–Crippen MR) is 106 cm³/mol. The number of ether oxygens (including phenoxy) is 1. The van der Waals surface area contributed by atoms with Gasteiger partial charge in [0.05, 0.1) is 24.6 Å². The Bertz CT molecular complexity index is 871. The molecule has 0 aliphatic carbocycles. The molecule has 0 amide bonds. The van der Waals surface area contributed by atoms with E-state index in [0.717, 1.165) is 18.7 Å². The van der Waals surface area contributed by atoms with Crippen molar-refractivity contribution in [2.45, 2.75) is 13.8 Å². The number of aryl methyl sites for hydroxylation is 1. The van der Waals surface area contributed by atoms with Crippen LogP contribution in [0.3, 0.4) is 0 Å². The number of nitrogens with zero attached hydrogens (tertiary/aromatic N) is 4. The summed E-state index contributed by atoms with van der Waals surface area (Å²) in [6.45, 7) is 7.42. The van der Waals surface area contributed by atoms with Crippen LogP contribution in [0.1, 0.15) is 23.0 Å². The number of aliphatic hydroxyl groups is 1. The standard InChI is InChI=1S/C20H26N4O4/c1-3-28-20(27)19-17(23-10-8-22(9-11-23)12-13-25)14-18(26)24(21-19)16-6-4-15(2)5-7-16/h4-7,14,25H,3,8-13H2,1-2H3. The van der Waals surface area contributed by atoms with Crippen LogP contribution in [-0.2, 0) is 4.74 Å². The first-order valence-electron chi connectivity index (χ1n) is 9.50. The van der Waals surface area contributed by atoms with Gasteiger partial charge in [0.25, 0.3) is 5.56 Å². The molecule has 0 atom stereocenters. The number of esters is 1. The number of rotatable bonds is 6. The highest BCUT2D eigenvalue weighted by Crippen LogP contribution is 2.20. The van der Waals surface area contributed by atoms with Gasteiger partial charge in [0.15, 0.2) is 5.69 Å². The van der Waals surface area contributed by atoms with Gasteiger partial charge < -0.3 is 14.7 Å². The van der Waals surface area contributed by atoms with E-state index in [1.165, 1.54) is 10.7 Å². The van der Waals surface area contributed by atoms with Gasteiger partial charge in [-0.05, 0) is 26.0 Å². The summed E-state index contributed by atoms with van der Waals surface area (Å²) < 4.78 is 6.42. The van der Waals surface area contributed by atoms with Gasteiger partial charge in [-0.3, -0.25) is 9.69 Å². The zero-order chi connectivity index (χ0) is 20.1. The first-order chi connectivity index (χ1) is 13.5. The smallest absolute Gasteiger partial charge is 0.360 e. The van der Waals surface area contributed by atoms with Crippen molar-refractivity contribution in [2.75, 3.05) is 50.8 Å². The van der Waals surface area contributed by atoms with Crippen molar-refractivity contribution in [3.05, 3.63) is 51.9 Å². The maximum atomic E-state index is 12.7. The zero-order valence-electron chi connectivity index (χ0n) is 16.3. The molecule has 0 spiro atoms. The number of β-amino-alcohol motifs (C(OH)–C–C–N with tert-alkyl or cyclic N) is 1. The lowest BCUT2D eigenvalue weighted by Crippen LogP contribution is -2.48. The van der Waals surface area contributed by atoms with Crippen molar-refractivity contribution in [3.63, 3.8) is 0 Å². The van der Waals surface area contributed by atoms with Gasteiger partial charge in [-0.15, -0.1) is 0 Å². The van der Waals surface area contributed by atoms with Gasteiger partial charge in [-0.2, -0.15) is 9.78 Å². The Morgan fingerprint density at radius 2 is 1.86 bits per heavy atom. The third-order valence-electron chi connectivity index (χ3n) is 4.79.